The first kappa shape index (κ1) is 48.3. The van der Waals surface area contributed by atoms with E-state index in [0.29, 0.717) is 129 Å². The van der Waals surface area contributed by atoms with E-state index in [4.69, 9.17) is 56.8 Å². The summed E-state index contributed by atoms with van der Waals surface area (Å²) in [5.41, 5.74) is 14.6. The van der Waals surface area contributed by atoms with Crippen LogP contribution in [0.2, 0.25) is 0 Å². The first-order valence-electron chi connectivity index (χ1n) is 26.0. The predicted molar refractivity (Wildman–Crippen MR) is 280 cm³/mol. The quantitative estimate of drug-likeness (QED) is 0.135. The number of hydrogen-bond donors (Lipinski definition) is 0. The van der Waals surface area contributed by atoms with E-state index in [1.54, 1.807) is 14.2 Å². The van der Waals surface area contributed by atoms with Gasteiger partial charge in [0.05, 0.1) is 66.1 Å². The molecule has 1 heterocycles. The van der Waals surface area contributed by atoms with E-state index >= 15 is 0 Å². The molecule has 14 rings (SSSR count). The van der Waals surface area contributed by atoms with Gasteiger partial charge in [0.15, 0.2) is 23.0 Å². The lowest BCUT2D eigenvalue weighted by Gasteiger charge is -2.49. The van der Waals surface area contributed by atoms with Crippen LogP contribution in [0.1, 0.15) is 90.4 Å². The molecule has 382 valence electrons. The molecule has 0 saturated carbocycles. The molecule has 0 aromatic heterocycles. The van der Waals surface area contributed by atoms with Crippen LogP contribution in [-0.4, -0.2) is 120 Å². The molecule has 6 aliphatic carbocycles. The second kappa shape index (κ2) is 22.1. The van der Waals surface area contributed by atoms with Crippen LogP contribution >= 0.6 is 0 Å². The van der Waals surface area contributed by atoms with Crippen LogP contribution in [0.15, 0.2) is 121 Å². The molecule has 0 N–H and O–H groups in total. The molecular formula is C62H62O12. The molecule has 0 amide bonds. The number of ether oxygens (including phenoxy) is 12. The molecule has 7 aromatic carbocycles. The maximum atomic E-state index is 7.20. The Bertz CT molecular complexity index is 2880. The number of fused-ring (bicyclic) bond motifs is 3. The number of methoxy groups -OCH3 is 2. The molecule has 0 radical (unpaired) electrons. The van der Waals surface area contributed by atoms with Gasteiger partial charge in [0.25, 0.3) is 0 Å². The van der Waals surface area contributed by atoms with Crippen molar-refractivity contribution in [2.45, 2.75) is 23.7 Å². The molecule has 0 saturated heterocycles. The predicted octanol–water partition coefficient (Wildman–Crippen LogP) is 10.2. The van der Waals surface area contributed by atoms with Crippen LogP contribution in [-0.2, 0) is 28.4 Å². The summed E-state index contributed by atoms with van der Waals surface area (Å²) >= 11 is 0. The van der Waals surface area contributed by atoms with Crippen molar-refractivity contribution in [2.24, 2.45) is 0 Å². The zero-order chi connectivity index (χ0) is 49.8. The van der Waals surface area contributed by atoms with Crippen LogP contribution in [0.4, 0.5) is 0 Å². The Morgan fingerprint density at radius 2 is 0.595 bits per heavy atom. The fourth-order valence-electron chi connectivity index (χ4n) is 11.9. The minimum atomic E-state index is -0.213. The molecule has 74 heavy (non-hydrogen) atoms. The third-order valence-electron chi connectivity index (χ3n) is 14.9. The third kappa shape index (κ3) is 9.01. The summed E-state index contributed by atoms with van der Waals surface area (Å²) in [5.74, 6) is 3.87. The molecule has 7 aliphatic rings. The SMILES string of the molecule is COCCOc1c2c(c(OCCOC)c3c1[C@@H]1c4ccccc4[C@H]3c3cc4c(cc31)OCCOCCOCCOc1cc3ccccc3cc1OCCOCCOCCO4)C1c3ccccc3C2c2ccccc21. The van der Waals surface area contributed by atoms with Crippen LogP contribution in [0.25, 0.3) is 10.8 Å². The Morgan fingerprint density at radius 1 is 0.324 bits per heavy atom. The molecular weight excluding hydrogens is 937 g/mol. The lowest BCUT2D eigenvalue weighted by molar-refractivity contribution is 0.0223. The number of benzene rings is 7. The fourth-order valence-corrected chi connectivity index (χ4v) is 11.9. The molecule has 0 unspecified atom stereocenters. The molecule has 1 aliphatic heterocycles. The van der Waals surface area contributed by atoms with E-state index in [2.05, 4.69) is 97.1 Å². The third-order valence-corrected chi connectivity index (χ3v) is 14.9. The van der Waals surface area contributed by atoms with Crippen molar-refractivity contribution in [3.63, 3.8) is 0 Å². The Labute approximate surface area is 432 Å². The van der Waals surface area contributed by atoms with Crippen molar-refractivity contribution >= 4 is 10.8 Å². The van der Waals surface area contributed by atoms with Gasteiger partial charge < -0.3 is 56.8 Å². The van der Waals surface area contributed by atoms with Gasteiger partial charge in [-0.3, -0.25) is 0 Å². The Morgan fingerprint density at radius 3 is 0.905 bits per heavy atom. The monoisotopic (exact) mass is 998 g/mol. The van der Waals surface area contributed by atoms with E-state index < -0.39 is 0 Å². The summed E-state index contributed by atoms with van der Waals surface area (Å²) in [5, 5.41) is 2.14. The minimum absolute atomic E-state index is 0.0641. The Hall–Kier alpha value is -6.64. The zero-order valence-corrected chi connectivity index (χ0v) is 42.1. The Kier molecular flexibility index (Phi) is 14.4. The molecule has 0 spiro atoms. The highest BCUT2D eigenvalue weighted by molar-refractivity contribution is 5.86. The highest BCUT2D eigenvalue weighted by Crippen LogP contribution is 2.68. The number of hydrogen-bond acceptors (Lipinski definition) is 12. The lowest BCUT2D eigenvalue weighted by Crippen LogP contribution is -2.34. The van der Waals surface area contributed by atoms with Gasteiger partial charge in [-0.05, 0) is 79.5 Å². The first-order chi connectivity index (χ1) is 36.7. The normalized spacial score (nSPS) is 20.2. The van der Waals surface area contributed by atoms with Crippen LogP contribution in [0, 0.1) is 0 Å². The van der Waals surface area contributed by atoms with E-state index in [0.717, 1.165) is 44.5 Å². The van der Waals surface area contributed by atoms with Crippen LogP contribution < -0.4 is 28.4 Å². The van der Waals surface area contributed by atoms with E-state index in [1.807, 2.05) is 24.3 Å². The van der Waals surface area contributed by atoms with Crippen LogP contribution in [0.5, 0.6) is 34.5 Å². The van der Waals surface area contributed by atoms with Gasteiger partial charge in [-0.15, -0.1) is 0 Å². The molecule has 7 aromatic rings. The van der Waals surface area contributed by atoms with Crippen molar-refractivity contribution in [3.05, 3.63) is 188 Å². The first-order valence-corrected chi connectivity index (χ1v) is 26.0. The fraction of sp³-hybridized carbons (Fsp3) is 0.355. The molecule has 4 bridgehead atoms. The van der Waals surface area contributed by atoms with Gasteiger partial charge in [0.2, 0.25) is 0 Å². The molecule has 12 heteroatoms. The van der Waals surface area contributed by atoms with Gasteiger partial charge in [0.1, 0.15) is 51.1 Å². The summed E-state index contributed by atoms with van der Waals surface area (Å²) in [6, 6.07) is 43.2. The Balaban J connectivity index is 0.888. The molecule has 12 nitrogen and oxygen atoms in total. The maximum Gasteiger partial charge on any atom is 0.161 e. The van der Waals surface area contributed by atoms with Gasteiger partial charge in [-0.25, -0.2) is 0 Å². The van der Waals surface area contributed by atoms with E-state index in [9.17, 15) is 0 Å². The smallest absolute Gasteiger partial charge is 0.161 e. The molecule has 0 fully saturated rings. The van der Waals surface area contributed by atoms with Gasteiger partial charge in [-0.2, -0.15) is 0 Å². The highest BCUT2D eigenvalue weighted by atomic mass is 16.6. The van der Waals surface area contributed by atoms with E-state index in [-0.39, 0.29) is 23.7 Å². The van der Waals surface area contributed by atoms with Gasteiger partial charge >= 0.3 is 0 Å². The number of rotatable bonds is 8. The summed E-state index contributed by atoms with van der Waals surface area (Å²) in [6.45, 7) is 6.10. The summed E-state index contributed by atoms with van der Waals surface area (Å²) in [6.07, 6.45) is 0. The lowest BCUT2D eigenvalue weighted by atomic mass is 9.55. The van der Waals surface area contributed by atoms with Gasteiger partial charge in [0, 0.05) is 60.1 Å². The van der Waals surface area contributed by atoms with Crippen molar-refractivity contribution in [1.82, 2.24) is 0 Å². The average molecular weight is 999 g/mol. The maximum absolute atomic E-state index is 7.20. The second-order valence-corrected chi connectivity index (χ2v) is 19.0. The van der Waals surface area contributed by atoms with Gasteiger partial charge in [-0.1, -0.05) is 97.1 Å². The van der Waals surface area contributed by atoms with Crippen molar-refractivity contribution < 1.29 is 56.8 Å². The second-order valence-electron chi connectivity index (χ2n) is 19.0. The summed E-state index contributed by atoms with van der Waals surface area (Å²) < 4.78 is 75.4. The molecule has 2 atom stereocenters. The van der Waals surface area contributed by atoms with Crippen LogP contribution in [0.3, 0.4) is 0 Å². The zero-order valence-electron chi connectivity index (χ0n) is 42.1. The topological polar surface area (TPSA) is 111 Å². The van der Waals surface area contributed by atoms with E-state index in [1.165, 1.54) is 44.5 Å². The minimum Gasteiger partial charge on any atom is -0.491 e. The van der Waals surface area contributed by atoms with Crippen molar-refractivity contribution in [1.29, 1.82) is 0 Å². The van der Waals surface area contributed by atoms with Crippen molar-refractivity contribution in [2.75, 3.05) is 120 Å². The standard InChI is InChI=1S/C62H62O12/c1-63-19-29-73-61-57-53-41-13-5-7-15-43(41)54(44-16-8-6-14-42(44)53)58(57)62(74-30-20-64-2)60-56-46-18-10-9-17-45(46)55(59(60)61)47-37-51-52(38-48(47)56)72-34-28-68-24-22-66-26-32-70-50-36-40-12-4-3-11-39(40)35-49(50)69-31-25-65-21-23-67-27-33-71-51/h3-18,35-38,53-56H,19-34H2,1-2H3/t53?,54?,55-,56+. The van der Waals surface area contributed by atoms with Crippen molar-refractivity contribution in [3.8, 4) is 34.5 Å². The average Bonchev–Trinajstić information content (AvgIpc) is 3.56. The summed E-state index contributed by atoms with van der Waals surface area (Å²) in [4.78, 5) is 0. The largest absolute Gasteiger partial charge is 0.491 e. The summed E-state index contributed by atoms with van der Waals surface area (Å²) in [7, 11) is 3.45. The highest BCUT2D eigenvalue weighted by Gasteiger charge is 2.52.